The summed E-state index contributed by atoms with van der Waals surface area (Å²) in [5.41, 5.74) is -1.46. The highest BCUT2D eigenvalue weighted by Crippen LogP contribution is 2.16. The van der Waals surface area contributed by atoms with Crippen LogP contribution in [0.15, 0.2) is 0 Å². The molecule has 2 atom stereocenters. The van der Waals surface area contributed by atoms with Crippen LogP contribution in [-0.4, -0.2) is 34.0 Å². The Labute approximate surface area is 93.9 Å². The standard InChI is InChI=1S/C12H27NO2/c1-9(2)7-12(6,15)8-13-10(3)11(4,5)14/h9-10,13-15H,7-8H2,1-6H3. The molecular formula is C12H27NO2. The fourth-order valence-corrected chi connectivity index (χ4v) is 1.57. The number of rotatable bonds is 6. The molecule has 92 valence electrons. The van der Waals surface area contributed by atoms with Crippen LogP contribution < -0.4 is 5.32 Å². The largest absolute Gasteiger partial charge is 0.389 e. The summed E-state index contributed by atoms with van der Waals surface area (Å²) >= 11 is 0. The Morgan fingerprint density at radius 2 is 1.53 bits per heavy atom. The van der Waals surface area contributed by atoms with Gasteiger partial charge in [0.2, 0.25) is 0 Å². The smallest absolute Gasteiger partial charge is 0.0746 e. The van der Waals surface area contributed by atoms with E-state index in [-0.39, 0.29) is 6.04 Å². The molecule has 0 fully saturated rings. The molecule has 3 nitrogen and oxygen atoms in total. The van der Waals surface area contributed by atoms with E-state index in [4.69, 9.17) is 0 Å². The number of hydrogen-bond acceptors (Lipinski definition) is 3. The van der Waals surface area contributed by atoms with Gasteiger partial charge < -0.3 is 15.5 Å². The predicted octanol–water partition coefficient (Wildman–Crippen LogP) is 1.53. The summed E-state index contributed by atoms with van der Waals surface area (Å²) in [6, 6.07) is -0.0314. The lowest BCUT2D eigenvalue weighted by Crippen LogP contribution is -2.50. The third-order valence-corrected chi connectivity index (χ3v) is 2.70. The molecule has 0 saturated carbocycles. The highest BCUT2D eigenvalue weighted by molar-refractivity contribution is 4.84. The summed E-state index contributed by atoms with van der Waals surface area (Å²) in [6.45, 7) is 12.0. The quantitative estimate of drug-likeness (QED) is 0.632. The average molecular weight is 217 g/mol. The van der Waals surface area contributed by atoms with Crippen LogP contribution in [-0.2, 0) is 0 Å². The molecule has 0 aromatic heterocycles. The third-order valence-electron chi connectivity index (χ3n) is 2.70. The van der Waals surface area contributed by atoms with Gasteiger partial charge in [-0.3, -0.25) is 0 Å². The highest BCUT2D eigenvalue weighted by atomic mass is 16.3. The van der Waals surface area contributed by atoms with Gasteiger partial charge in [0.05, 0.1) is 11.2 Å². The normalized spacial score (nSPS) is 19.0. The molecule has 0 radical (unpaired) electrons. The van der Waals surface area contributed by atoms with Gasteiger partial charge in [-0.25, -0.2) is 0 Å². The molecule has 15 heavy (non-hydrogen) atoms. The molecule has 0 aliphatic carbocycles. The molecule has 0 saturated heterocycles. The Balaban J connectivity index is 4.04. The lowest BCUT2D eigenvalue weighted by atomic mass is 9.93. The van der Waals surface area contributed by atoms with E-state index in [2.05, 4.69) is 19.2 Å². The molecule has 0 rings (SSSR count). The van der Waals surface area contributed by atoms with Gasteiger partial charge in [-0.2, -0.15) is 0 Å². The van der Waals surface area contributed by atoms with Crippen LogP contribution in [0.2, 0.25) is 0 Å². The first-order valence-electron chi connectivity index (χ1n) is 5.73. The fourth-order valence-electron chi connectivity index (χ4n) is 1.57. The van der Waals surface area contributed by atoms with Gasteiger partial charge in [-0.15, -0.1) is 0 Å². The van der Waals surface area contributed by atoms with Crippen molar-refractivity contribution >= 4 is 0 Å². The summed E-state index contributed by atoms with van der Waals surface area (Å²) in [7, 11) is 0. The van der Waals surface area contributed by atoms with Crippen molar-refractivity contribution in [2.24, 2.45) is 5.92 Å². The Morgan fingerprint density at radius 3 is 1.87 bits per heavy atom. The van der Waals surface area contributed by atoms with Crippen molar-refractivity contribution in [3.63, 3.8) is 0 Å². The molecule has 0 aliphatic heterocycles. The zero-order chi connectivity index (χ0) is 12.3. The monoisotopic (exact) mass is 217 g/mol. The second-order valence-corrected chi connectivity index (χ2v) is 5.85. The lowest BCUT2D eigenvalue weighted by Gasteiger charge is -2.32. The number of aliphatic hydroxyl groups is 2. The Kier molecular flexibility index (Phi) is 5.24. The Morgan fingerprint density at radius 1 is 1.07 bits per heavy atom. The number of nitrogens with one attached hydrogen (secondary N) is 1. The van der Waals surface area contributed by atoms with E-state index in [0.717, 1.165) is 6.42 Å². The van der Waals surface area contributed by atoms with Gasteiger partial charge >= 0.3 is 0 Å². The molecule has 3 N–H and O–H groups in total. The van der Waals surface area contributed by atoms with Crippen molar-refractivity contribution in [2.75, 3.05) is 6.54 Å². The molecule has 3 heteroatoms. The van der Waals surface area contributed by atoms with E-state index in [1.807, 2.05) is 13.8 Å². The Bertz CT molecular complexity index is 183. The first-order chi connectivity index (χ1) is 6.54. The first kappa shape index (κ1) is 14.9. The minimum Gasteiger partial charge on any atom is -0.389 e. The molecule has 0 aliphatic rings. The zero-order valence-corrected chi connectivity index (χ0v) is 11.0. The van der Waals surface area contributed by atoms with Gasteiger partial charge in [0.15, 0.2) is 0 Å². The van der Waals surface area contributed by atoms with E-state index < -0.39 is 11.2 Å². The molecule has 0 bridgehead atoms. The molecule has 0 aromatic carbocycles. The molecule has 0 amide bonds. The van der Waals surface area contributed by atoms with Crippen molar-refractivity contribution in [3.05, 3.63) is 0 Å². The molecular weight excluding hydrogens is 190 g/mol. The molecule has 0 heterocycles. The van der Waals surface area contributed by atoms with Gasteiger partial charge in [0.25, 0.3) is 0 Å². The summed E-state index contributed by atoms with van der Waals surface area (Å²) in [5.74, 6) is 0.472. The van der Waals surface area contributed by atoms with Crippen molar-refractivity contribution in [3.8, 4) is 0 Å². The van der Waals surface area contributed by atoms with E-state index in [0.29, 0.717) is 12.5 Å². The minimum atomic E-state index is -0.756. The fraction of sp³-hybridized carbons (Fsp3) is 1.00. The van der Waals surface area contributed by atoms with Crippen LogP contribution in [0, 0.1) is 5.92 Å². The summed E-state index contributed by atoms with van der Waals surface area (Å²) in [6.07, 6.45) is 0.762. The van der Waals surface area contributed by atoms with Crippen LogP contribution in [0.1, 0.15) is 48.0 Å². The van der Waals surface area contributed by atoms with E-state index in [1.54, 1.807) is 13.8 Å². The SMILES string of the molecule is CC(C)CC(C)(O)CNC(C)C(C)(C)O. The predicted molar refractivity (Wildman–Crippen MR) is 63.8 cm³/mol. The Hall–Kier alpha value is -0.120. The average Bonchev–Trinajstić information content (AvgIpc) is 1.95. The van der Waals surface area contributed by atoms with E-state index in [9.17, 15) is 10.2 Å². The maximum absolute atomic E-state index is 10.1. The van der Waals surface area contributed by atoms with Crippen LogP contribution in [0.4, 0.5) is 0 Å². The van der Waals surface area contributed by atoms with E-state index in [1.165, 1.54) is 0 Å². The van der Waals surface area contributed by atoms with E-state index >= 15 is 0 Å². The highest BCUT2D eigenvalue weighted by Gasteiger charge is 2.26. The van der Waals surface area contributed by atoms with Crippen LogP contribution in [0.3, 0.4) is 0 Å². The van der Waals surface area contributed by atoms with Gasteiger partial charge in [-0.1, -0.05) is 13.8 Å². The van der Waals surface area contributed by atoms with Crippen molar-refractivity contribution in [2.45, 2.75) is 65.2 Å². The van der Waals surface area contributed by atoms with Crippen LogP contribution in [0.5, 0.6) is 0 Å². The van der Waals surface area contributed by atoms with Crippen LogP contribution in [0.25, 0.3) is 0 Å². The van der Waals surface area contributed by atoms with Crippen molar-refractivity contribution in [1.82, 2.24) is 5.32 Å². The lowest BCUT2D eigenvalue weighted by molar-refractivity contribution is 0.0101. The van der Waals surface area contributed by atoms with Crippen LogP contribution >= 0.6 is 0 Å². The van der Waals surface area contributed by atoms with Gasteiger partial charge in [0, 0.05) is 12.6 Å². The second-order valence-electron chi connectivity index (χ2n) is 5.85. The zero-order valence-electron chi connectivity index (χ0n) is 11.0. The molecule has 0 spiro atoms. The summed E-state index contributed by atoms with van der Waals surface area (Å²) in [5, 5.41) is 22.9. The molecule has 2 unspecified atom stereocenters. The minimum absolute atomic E-state index is 0.0314. The third kappa shape index (κ3) is 6.88. The van der Waals surface area contributed by atoms with Gasteiger partial charge in [0.1, 0.15) is 0 Å². The maximum atomic E-state index is 10.1. The van der Waals surface area contributed by atoms with Gasteiger partial charge in [-0.05, 0) is 40.0 Å². The maximum Gasteiger partial charge on any atom is 0.0746 e. The second kappa shape index (κ2) is 5.28. The summed E-state index contributed by atoms with van der Waals surface area (Å²) < 4.78 is 0. The van der Waals surface area contributed by atoms with Crippen molar-refractivity contribution < 1.29 is 10.2 Å². The molecule has 0 aromatic rings. The first-order valence-corrected chi connectivity index (χ1v) is 5.73. The van der Waals surface area contributed by atoms with Crippen molar-refractivity contribution in [1.29, 1.82) is 0 Å². The summed E-state index contributed by atoms with van der Waals surface area (Å²) in [4.78, 5) is 0. The topological polar surface area (TPSA) is 52.5 Å². The number of hydrogen-bond donors (Lipinski definition) is 3.